The van der Waals surface area contributed by atoms with Gasteiger partial charge in [0.1, 0.15) is 10.6 Å². The summed E-state index contributed by atoms with van der Waals surface area (Å²) < 4.78 is 5.32. The minimum Gasteiger partial charge on any atom is -0.481 e. The van der Waals surface area contributed by atoms with Gasteiger partial charge in [0.25, 0.3) is 0 Å². The highest BCUT2D eigenvalue weighted by molar-refractivity contribution is 7.17. The Morgan fingerprint density at radius 1 is 1.12 bits per heavy atom. The van der Waals surface area contributed by atoms with E-state index in [1.54, 1.807) is 13.0 Å². The van der Waals surface area contributed by atoms with Crippen LogP contribution in [0.2, 0.25) is 0 Å². The van der Waals surface area contributed by atoms with Crippen LogP contribution in [0.4, 0.5) is 5.00 Å². The third-order valence-electron chi connectivity index (χ3n) is 5.77. The molecule has 0 bridgehead atoms. The van der Waals surface area contributed by atoms with Gasteiger partial charge in [-0.25, -0.2) is 4.79 Å². The SMILES string of the molecule is CCOC(=O)c1c(NC(=O)C2CC=CCC2C(=O)O)sc(C)c1-c1ccc(CC(C)C)cc1. The number of aliphatic carboxylic acids is 1. The molecule has 1 aliphatic carbocycles. The summed E-state index contributed by atoms with van der Waals surface area (Å²) in [6.07, 6.45) is 5.26. The number of allylic oxidation sites excluding steroid dienone is 2. The predicted molar refractivity (Wildman–Crippen MR) is 131 cm³/mol. The molecule has 176 valence electrons. The second-order valence-electron chi connectivity index (χ2n) is 8.74. The van der Waals surface area contributed by atoms with Crippen molar-refractivity contribution in [1.82, 2.24) is 0 Å². The first-order chi connectivity index (χ1) is 15.7. The van der Waals surface area contributed by atoms with E-state index in [4.69, 9.17) is 4.74 Å². The number of carbonyl (C=O) groups excluding carboxylic acids is 2. The van der Waals surface area contributed by atoms with E-state index >= 15 is 0 Å². The summed E-state index contributed by atoms with van der Waals surface area (Å²) in [7, 11) is 0. The van der Waals surface area contributed by atoms with Crippen LogP contribution < -0.4 is 5.32 Å². The number of nitrogens with one attached hydrogen (secondary N) is 1. The number of esters is 1. The van der Waals surface area contributed by atoms with E-state index in [-0.39, 0.29) is 6.61 Å². The third kappa shape index (κ3) is 5.71. The van der Waals surface area contributed by atoms with Crippen molar-refractivity contribution in [2.24, 2.45) is 17.8 Å². The van der Waals surface area contributed by atoms with Gasteiger partial charge in [-0.05, 0) is 50.2 Å². The monoisotopic (exact) mass is 469 g/mol. The lowest BCUT2D eigenvalue weighted by Gasteiger charge is -2.24. The first kappa shape index (κ1) is 24.7. The minimum atomic E-state index is -0.991. The molecule has 2 aromatic rings. The molecule has 1 heterocycles. The maximum atomic E-state index is 13.1. The number of hydrogen-bond donors (Lipinski definition) is 2. The van der Waals surface area contributed by atoms with Crippen LogP contribution in [0.1, 0.15) is 54.4 Å². The molecule has 1 aromatic heterocycles. The van der Waals surface area contributed by atoms with Gasteiger partial charge in [0.05, 0.1) is 18.4 Å². The molecule has 0 saturated heterocycles. The Kier molecular flexibility index (Phi) is 8.08. The van der Waals surface area contributed by atoms with Crippen LogP contribution >= 0.6 is 11.3 Å². The van der Waals surface area contributed by atoms with E-state index < -0.39 is 29.7 Å². The Hall–Kier alpha value is -2.93. The number of rotatable bonds is 8. The predicted octanol–water partition coefficient (Wildman–Crippen LogP) is 5.70. The zero-order valence-electron chi connectivity index (χ0n) is 19.5. The first-order valence-electron chi connectivity index (χ1n) is 11.3. The number of thiophene rings is 1. The summed E-state index contributed by atoms with van der Waals surface area (Å²) in [5.41, 5.74) is 3.16. The van der Waals surface area contributed by atoms with Crippen molar-refractivity contribution in [2.75, 3.05) is 11.9 Å². The fourth-order valence-electron chi connectivity index (χ4n) is 4.24. The summed E-state index contributed by atoms with van der Waals surface area (Å²) in [6.45, 7) is 8.19. The van der Waals surface area contributed by atoms with E-state index in [0.29, 0.717) is 29.3 Å². The van der Waals surface area contributed by atoms with Gasteiger partial charge in [0.2, 0.25) is 5.91 Å². The van der Waals surface area contributed by atoms with Gasteiger partial charge in [-0.15, -0.1) is 11.3 Å². The number of hydrogen-bond acceptors (Lipinski definition) is 5. The average Bonchev–Trinajstić information content (AvgIpc) is 3.09. The number of amides is 1. The normalized spacial score (nSPS) is 17.7. The van der Waals surface area contributed by atoms with Crippen LogP contribution in [-0.2, 0) is 20.7 Å². The first-order valence-corrected chi connectivity index (χ1v) is 12.1. The second kappa shape index (κ2) is 10.8. The molecule has 0 fully saturated rings. The Labute approximate surface area is 198 Å². The van der Waals surface area contributed by atoms with Crippen LogP contribution in [0.3, 0.4) is 0 Å². The van der Waals surface area contributed by atoms with Crippen molar-refractivity contribution in [3.63, 3.8) is 0 Å². The smallest absolute Gasteiger partial charge is 0.341 e. The summed E-state index contributed by atoms with van der Waals surface area (Å²) in [5.74, 6) is -2.82. The zero-order valence-corrected chi connectivity index (χ0v) is 20.3. The van der Waals surface area contributed by atoms with Crippen molar-refractivity contribution < 1.29 is 24.2 Å². The molecular formula is C26H31NO5S. The molecule has 2 atom stereocenters. The van der Waals surface area contributed by atoms with Gasteiger partial charge in [0, 0.05) is 10.4 Å². The van der Waals surface area contributed by atoms with Gasteiger partial charge in [-0.1, -0.05) is 50.3 Å². The highest BCUT2D eigenvalue weighted by Crippen LogP contribution is 2.41. The van der Waals surface area contributed by atoms with Gasteiger partial charge < -0.3 is 15.2 Å². The van der Waals surface area contributed by atoms with Gasteiger partial charge in [-0.2, -0.15) is 0 Å². The fraction of sp³-hybridized carbons (Fsp3) is 0.423. The van der Waals surface area contributed by atoms with E-state index in [1.165, 1.54) is 16.9 Å². The molecular weight excluding hydrogens is 438 g/mol. The number of carboxylic acid groups (broad SMARTS) is 1. The standard InChI is InChI=1S/C26H31NO5S/c1-5-32-26(31)22-21(18-12-10-17(11-13-18)14-15(2)3)16(4)33-24(22)27-23(28)19-8-6-7-9-20(19)25(29)30/h6-7,10-13,15,19-20H,5,8-9,14H2,1-4H3,(H,27,28)(H,29,30). The molecule has 6 nitrogen and oxygen atoms in total. The number of carboxylic acids is 1. The van der Waals surface area contributed by atoms with E-state index in [2.05, 4.69) is 31.3 Å². The third-order valence-corrected chi connectivity index (χ3v) is 6.79. The number of ether oxygens (including phenoxy) is 1. The maximum Gasteiger partial charge on any atom is 0.341 e. The second-order valence-corrected chi connectivity index (χ2v) is 9.96. The van der Waals surface area contributed by atoms with Gasteiger partial charge in [0.15, 0.2) is 0 Å². The summed E-state index contributed by atoms with van der Waals surface area (Å²) in [5, 5.41) is 12.8. The van der Waals surface area contributed by atoms with E-state index in [1.807, 2.05) is 25.1 Å². The summed E-state index contributed by atoms with van der Waals surface area (Å²) >= 11 is 1.31. The minimum absolute atomic E-state index is 0.211. The topological polar surface area (TPSA) is 92.7 Å². The molecule has 33 heavy (non-hydrogen) atoms. The zero-order chi connectivity index (χ0) is 24.1. The van der Waals surface area contributed by atoms with Gasteiger partial charge in [-0.3, -0.25) is 9.59 Å². The van der Waals surface area contributed by atoms with E-state index in [9.17, 15) is 19.5 Å². The lowest BCUT2D eigenvalue weighted by Crippen LogP contribution is -2.34. The molecule has 0 saturated carbocycles. The molecule has 1 aromatic carbocycles. The van der Waals surface area contributed by atoms with Crippen molar-refractivity contribution in [1.29, 1.82) is 0 Å². The van der Waals surface area contributed by atoms with Crippen molar-refractivity contribution in [3.05, 3.63) is 52.4 Å². The van der Waals surface area contributed by atoms with Crippen LogP contribution in [0.5, 0.6) is 0 Å². The molecule has 1 amide bonds. The van der Waals surface area contributed by atoms with Crippen molar-refractivity contribution >= 4 is 34.2 Å². The lowest BCUT2D eigenvalue weighted by molar-refractivity contribution is -0.146. The lowest BCUT2D eigenvalue weighted by atomic mass is 9.82. The van der Waals surface area contributed by atoms with Crippen LogP contribution in [-0.4, -0.2) is 29.6 Å². The maximum absolute atomic E-state index is 13.1. The van der Waals surface area contributed by atoms with Crippen LogP contribution in [0, 0.1) is 24.7 Å². The van der Waals surface area contributed by atoms with Crippen molar-refractivity contribution in [3.8, 4) is 11.1 Å². The average molecular weight is 470 g/mol. The summed E-state index contributed by atoms with van der Waals surface area (Å²) in [4.78, 5) is 38.5. The van der Waals surface area contributed by atoms with Gasteiger partial charge >= 0.3 is 11.9 Å². The summed E-state index contributed by atoms with van der Waals surface area (Å²) in [6, 6.07) is 8.11. The Morgan fingerprint density at radius 3 is 2.33 bits per heavy atom. The molecule has 3 rings (SSSR count). The number of carbonyl (C=O) groups is 3. The number of aryl methyl sites for hydroxylation is 1. The molecule has 7 heteroatoms. The molecule has 0 spiro atoms. The molecule has 2 N–H and O–H groups in total. The fourth-order valence-corrected chi connectivity index (χ4v) is 5.31. The molecule has 0 radical (unpaired) electrons. The molecule has 0 aliphatic heterocycles. The number of benzene rings is 1. The van der Waals surface area contributed by atoms with Crippen LogP contribution in [0.15, 0.2) is 36.4 Å². The highest BCUT2D eigenvalue weighted by Gasteiger charge is 2.35. The largest absolute Gasteiger partial charge is 0.481 e. The van der Waals surface area contributed by atoms with E-state index in [0.717, 1.165) is 22.4 Å². The quantitative estimate of drug-likeness (QED) is 0.382. The highest BCUT2D eigenvalue weighted by atomic mass is 32.1. The van der Waals surface area contributed by atoms with Crippen LogP contribution in [0.25, 0.3) is 11.1 Å². The van der Waals surface area contributed by atoms with Crippen molar-refractivity contribution in [2.45, 2.75) is 47.0 Å². The molecule has 1 aliphatic rings. The number of anilines is 1. The Balaban J connectivity index is 1.97. The Morgan fingerprint density at radius 2 is 1.76 bits per heavy atom. The Bertz CT molecular complexity index is 1050. The molecule has 2 unspecified atom stereocenters.